The molecular weight excluding hydrogens is 342 g/mol. The van der Waals surface area contributed by atoms with Crippen molar-refractivity contribution in [1.29, 1.82) is 0 Å². The Balaban J connectivity index is 2.18. The average molecular weight is 378 g/mol. The van der Waals surface area contributed by atoms with Crippen molar-refractivity contribution in [3.05, 3.63) is 17.7 Å². The number of methoxy groups -OCH3 is 3. The van der Waals surface area contributed by atoms with Crippen LogP contribution >= 0.6 is 0 Å². The zero-order valence-electron chi connectivity index (χ0n) is 17.7. The van der Waals surface area contributed by atoms with Crippen molar-refractivity contribution in [2.75, 3.05) is 41.0 Å². The van der Waals surface area contributed by atoms with Gasteiger partial charge in [-0.3, -0.25) is 0 Å². The summed E-state index contributed by atoms with van der Waals surface area (Å²) in [7, 11) is 4.89. The molecule has 0 radical (unpaired) electrons. The van der Waals surface area contributed by atoms with Crippen LogP contribution in [0.1, 0.15) is 39.2 Å². The number of aliphatic imine (C=N–C) groups is 1. The Morgan fingerprint density at radius 3 is 2.52 bits per heavy atom. The Hall–Kier alpha value is -2.11. The molecule has 1 aromatic rings. The highest BCUT2D eigenvalue weighted by atomic mass is 16.5. The maximum atomic E-state index is 5.58. The lowest BCUT2D eigenvalue weighted by Gasteiger charge is -2.22. The third kappa shape index (κ3) is 5.44. The number of hydrogen-bond acceptors (Lipinski definition) is 4. The fourth-order valence-corrected chi connectivity index (χ4v) is 3.76. The molecule has 0 aromatic heterocycles. The first kappa shape index (κ1) is 21.2. The molecule has 0 spiro atoms. The molecule has 1 heterocycles. The van der Waals surface area contributed by atoms with Gasteiger partial charge in [0.1, 0.15) is 0 Å². The van der Waals surface area contributed by atoms with Crippen LogP contribution in [0, 0.1) is 11.8 Å². The van der Waals surface area contributed by atoms with Gasteiger partial charge in [0.05, 0.1) is 27.9 Å². The van der Waals surface area contributed by atoms with Gasteiger partial charge in [-0.15, -0.1) is 0 Å². The van der Waals surface area contributed by atoms with Crippen molar-refractivity contribution in [2.24, 2.45) is 16.8 Å². The lowest BCUT2D eigenvalue weighted by Crippen LogP contribution is -2.40. The molecule has 0 aliphatic carbocycles. The van der Waals surface area contributed by atoms with Crippen LogP contribution in [-0.2, 0) is 6.54 Å². The first-order valence-corrected chi connectivity index (χ1v) is 9.85. The maximum absolute atomic E-state index is 5.58. The van der Waals surface area contributed by atoms with Crippen LogP contribution in [0.15, 0.2) is 17.1 Å². The van der Waals surface area contributed by atoms with Crippen LogP contribution in [0.2, 0.25) is 0 Å². The summed E-state index contributed by atoms with van der Waals surface area (Å²) < 4.78 is 16.4. The van der Waals surface area contributed by atoms with E-state index in [1.54, 1.807) is 21.3 Å². The first-order chi connectivity index (χ1) is 13.0. The van der Waals surface area contributed by atoms with Gasteiger partial charge in [0.2, 0.25) is 5.75 Å². The van der Waals surface area contributed by atoms with E-state index in [-0.39, 0.29) is 0 Å². The van der Waals surface area contributed by atoms with Crippen molar-refractivity contribution in [1.82, 2.24) is 10.2 Å². The van der Waals surface area contributed by atoms with Crippen LogP contribution in [0.4, 0.5) is 0 Å². The molecule has 6 heteroatoms. The molecule has 1 N–H and O–H groups in total. The fraction of sp³-hybridized carbons (Fsp3) is 0.667. The average Bonchev–Trinajstić information content (AvgIpc) is 3.11. The summed E-state index contributed by atoms with van der Waals surface area (Å²) in [5.41, 5.74) is 0.975. The predicted octanol–water partition coefficient (Wildman–Crippen LogP) is 3.55. The van der Waals surface area contributed by atoms with Crippen LogP contribution in [0.5, 0.6) is 17.2 Å². The van der Waals surface area contributed by atoms with Crippen molar-refractivity contribution in [2.45, 2.75) is 40.2 Å². The first-order valence-electron chi connectivity index (χ1n) is 9.85. The Morgan fingerprint density at radius 1 is 1.19 bits per heavy atom. The van der Waals surface area contributed by atoms with Crippen LogP contribution < -0.4 is 19.5 Å². The molecule has 1 unspecified atom stereocenters. The molecule has 1 aliphatic heterocycles. The minimum Gasteiger partial charge on any atom is -0.493 e. The highest BCUT2D eigenvalue weighted by Crippen LogP contribution is 2.40. The molecule has 0 saturated carbocycles. The smallest absolute Gasteiger partial charge is 0.203 e. The minimum atomic E-state index is 0.525. The maximum Gasteiger partial charge on any atom is 0.203 e. The second-order valence-electron chi connectivity index (χ2n) is 7.39. The number of nitrogens with zero attached hydrogens (tertiary/aromatic N) is 2. The van der Waals surface area contributed by atoms with Gasteiger partial charge in [-0.05, 0) is 43.7 Å². The molecule has 27 heavy (non-hydrogen) atoms. The summed E-state index contributed by atoms with van der Waals surface area (Å²) in [4.78, 5) is 7.25. The SMILES string of the molecule is CCNC(=NCc1ccc(OC)c(OC)c1OC)N1CCC(CC(C)C)C1. The number of benzene rings is 1. The van der Waals surface area contributed by atoms with Gasteiger partial charge in [-0.2, -0.15) is 0 Å². The number of guanidine groups is 1. The zero-order valence-corrected chi connectivity index (χ0v) is 17.7. The highest BCUT2D eigenvalue weighted by molar-refractivity contribution is 5.80. The number of hydrogen-bond donors (Lipinski definition) is 1. The van der Waals surface area contributed by atoms with Gasteiger partial charge in [0, 0.05) is 25.2 Å². The standard InChI is InChI=1S/C21H35N3O3/c1-7-22-21(24-11-10-16(14-24)12-15(2)3)23-13-17-8-9-18(25-4)20(27-6)19(17)26-5/h8-9,15-16H,7,10-14H2,1-6H3,(H,22,23). The molecule has 1 fully saturated rings. The monoisotopic (exact) mass is 377 g/mol. The predicted molar refractivity (Wildman–Crippen MR) is 110 cm³/mol. The quantitative estimate of drug-likeness (QED) is 0.555. The van der Waals surface area contributed by atoms with Crippen LogP contribution in [-0.4, -0.2) is 51.8 Å². The van der Waals surface area contributed by atoms with E-state index < -0.39 is 0 Å². The van der Waals surface area contributed by atoms with Gasteiger partial charge in [-0.1, -0.05) is 13.8 Å². The van der Waals surface area contributed by atoms with Gasteiger partial charge < -0.3 is 24.4 Å². The van der Waals surface area contributed by atoms with Gasteiger partial charge in [0.15, 0.2) is 17.5 Å². The lowest BCUT2D eigenvalue weighted by molar-refractivity contribution is 0.322. The molecule has 0 amide bonds. The molecule has 152 valence electrons. The third-order valence-electron chi connectivity index (χ3n) is 4.91. The van der Waals surface area contributed by atoms with E-state index in [2.05, 4.69) is 31.0 Å². The molecular formula is C21H35N3O3. The van der Waals surface area contributed by atoms with Crippen LogP contribution in [0.25, 0.3) is 0 Å². The summed E-state index contributed by atoms with van der Waals surface area (Å²) >= 11 is 0. The van der Waals surface area contributed by atoms with Crippen molar-refractivity contribution >= 4 is 5.96 Å². The Kier molecular flexibility index (Phi) is 8.07. The number of nitrogens with one attached hydrogen (secondary N) is 1. The lowest BCUT2D eigenvalue weighted by atomic mass is 9.97. The van der Waals surface area contributed by atoms with Gasteiger partial charge in [-0.25, -0.2) is 4.99 Å². The van der Waals surface area contributed by atoms with E-state index in [0.717, 1.165) is 43.0 Å². The summed E-state index contributed by atoms with van der Waals surface area (Å²) in [6.45, 7) is 10.2. The van der Waals surface area contributed by atoms with E-state index in [9.17, 15) is 0 Å². The topological polar surface area (TPSA) is 55.3 Å². The number of rotatable bonds is 8. The van der Waals surface area contributed by atoms with Crippen molar-refractivity contribution < 1.29 is 14.2 Å². The zero-order chi connectivity index (χ0) is 19.8. The van der Waals surface area contributed by atoms with Crippen LogP contribution in [0.3, 0.4) is 0 Å². The van der Waals surface area contributed by atoms with Gasteiger partial charge >= 0.3 is 0 Å². The Bertz CT molecular complexity index is 631. The third-order valence-corrected chi connectivity index (χ3v) is 4.91. The number of ether oxygens (including phenoxy) is 3. The molecule has 6 nitrogen and oxygen atoms in total. The van der Waals surface area contributed by atoms with E-state index in [0.29, 0.717) is 23.8 Å². The molecule has 1 saturated heterocycles. The minimum absolute atomic E-state index is 0.525. The second-order valence-corrected chi connectivity index (χ2v) is 7.39. The molecule has 0 bridgehead atoms. The van der Waals surface area contributed by atoms with E-state index >= 15 is 0 Å². The fourth-order valence-electron chi connectivity index (χ4n) is 3.76. The Morgan fingerprint density at radius 2 is 1.93 bits per heavy atom. The second kappa shape index (κ2) is 10.3. The van der Waals surface area contributed by atoms with Crippen molar-refractivity contribution in [3.63, 3.8) is 0 Å². The summed E-state index contributed by atoms with van der Waals surface area (Å²) in [5, 5.41) is 3.44. The molecule has 1 atom stereocenters. The summed E-state index contributed by atoms with van der Waals surface area (Å²) in [6.07, 6.45) is 2.52. The van der Waals surface area contributed by atoms with E-state index in [4.69, 9.17) is 19.2 Å². The van der Waals surface area contributed by atoms with E-state index in [1.807, 2.05) is 12.1 Å². The van der Waals surface area contributed by atoms with E-state index in [1.165, 1.54) is 12.8 Å². The molecule has 1 aliphatic rings. The Labute approximate surface area is 163 Å². The van der Waals surface area contributed by atoms with Crippen molar-refractivity contribution in [3.8, 4) is 17.2 Å². The normalized spacial score (nSPS) is 17.4. The summed E-state index contributed by atoms with van der Waals surface area (Å²) in [6, 6.07) is 3.88. The largest absolute Gasteiger partial charge is 0.493 e. The summed E-state index contributed by atoms with van der Waals surface area (Å²) in [5.74, 6) is 4.41. The number of likely N-dealkylation sites (tertiary alicyclic amines) is 1. The molecule has 2 rings (SSSR count). The molecule has 1 aromatic carbocycles. The highest BCUT2D eigenvalue weighted by Gasteiger charge is 2.25. The van der Waals surface area contributed by atoms with Gasteiger partial charge in [0.25, 0.3) is 0 Å².